The summed E-state index contributed by atoms with van der Waals surface area (Å²) in [7, 11) is 2.17. The summed E-state index contributed by atoms with van der Waals surface area (Å²) in [5.74, 6) is 0. The molecule has 1 aliphatic carbocycles. The van der Waals surface area contributed by atoms with Gasteiger partial charge in [-0.3, -0.25) is 4.79 Å². The highest BCUT2D eigenvalue weighted by molar-refractivity contribution is 5.89. The van der Waals surface area contributed by atoms with Gasteiger partial charge in [-0.15, -0.1) is 0 Å². The van der Waals surface area contributed by atoms with Crippen LogP contribution >= 0.6 is 0 Å². The van der Waals surface area contributed by atoms with Crippen LogP contribution in [0.4, 0.5) is 5.69 Å². The molecule has 1 aromatic carbocycles. The maximum Gasteiger partial charge on any atom is 0.256 e. The molecule has 1 N–H and O–H groups in total. The van der Waals surface area contributed by atoms with E-state index in [1.807, 2.05) is 37.3 Å². The lowest BCUT2D eigenvalue weighted by Crippen LogP contribution is -2.44. The molecule has 0 atom stereocenters. The molecule has 0 bridgehead atoms. The molecular formula is C24H27N3O. The Bertz CT molecular complexity index is 1040. The molecule has 4 nitrogen and oxygen atoms in total. The third-order valence-corrected chi connectivity index (χ3v) is 5.68. The third-order valence-electron chi connectivity index (χ3n) is 5.68. The van der Waals surface area contributed by atoms with Crippen LogP contribution in [-0.4, -0.2) is 43.1 Å². The van der Waals surface area contributed by atoms with Crippen molar-refractivity contribution < 1.29 is 0 Å². The monoisotopic (exact) mass is 373 g/mol. The Morgan fingerprint density at radius 1 is 1.04 bits per heavy atom. The summed E-state index contributed by atoms with van der Waals surface area (Å²) in [4.78, 5) is 20.4. The molecule has 2 heterocycles. The molecule has 28 heavy (non-hydrogen) atoms. The van der Waals surface area contributed by atoms with Gasteiger partial charge in [-0.25, -0.2) is 0 Å². The average Bonchev–Trinajstić information content (AvgIpc) is 2.83. The number of allylic oxidation sites excluding steroid dienone is 1. The average molecular weight is 374 g/mol. The maximum absolute atomic E-state index is 12.6. The molecule has 0 unspecified atom stereocenters. The van der Waals surface area contributed by atoms with Crippen molar-refractivity contribution in [1.29, 1.82) is 0 Å². The van der Waals surface area contributed by atoms with Crippen molar-refractivity contribution in [3.05, 3.63) is 75.6 Å². The Labute approximate surface area is 166 Å². The Balaban J connectivity index is 1.71. The number of aryl methyl sites for hydroxylation is 1. The molecule has 144 valence electrons. The first kappa shape index (κ1) is 18.5. The molecule has 2 aliphatic heterocycles. The number of benzene rings is 1. The van der Waals surface area contributed by atoms with Crippen LogP contribution in [0.5, 0.6) is 0 Å². The Hall–Kier alpha value is -2.85. The molecule has 1 saturated heterocycles. The van der Waals surface area contributed by atoms with Crippen LogP contribution < -0.4 is 10.5 Å². The van der Waals surface area contributed by atoms with E-state index < -0.39 is 0 Å². The van der Waals surface area contributed by atoms with Crippen LogP contribution in [0.1, 0.15) is 23.6 Å². The molecule has 1 fully saturated rings. The number of fused-ring (bicyclic) bond motifs is 1. The summed E-state index contributed by atoms with van der Waals surface area (Å²) in [6.07, 6.45) is 2.14. The number of rotatable bonds is 3. The second-order valence-corrected chi connectivity index (χ2v) is 7.73. The van der Waals surface area contributed by atoms with Crippen molar-refractivity contribution in [2.24, 2.45) is 0 Å². The first-order valence-electron chi connectivity index (χ1n) is 9.87. The van der Waals surface area contributed by atoms with Gasteiger partial charge in [0.25, 0.3) is 5.56 Å². The fourth-order valence-corrected chi connectivity index (χ4v) is 3.92. The lowest BCUT2D eigenvalue weighted by Gasteiger charge is -2.34. The minimum absolute atomic E-state index is 0.0252. The van der Waals surface area contributed by atoms with E-state index in [2.05, 4.69) is 53.0 Å². The molecule has 0 saturated carbocycles. The Morgan fingerprint density at radius 3 is 2.57 bits per heavy atom. The molecule has 0 amide bonds. The fourth-order valence-electron chi connectivity index (χ4n) is 3.92. The van der Waals surface area contributed by atoms with E-state index in [0.717, 1.165) is 48.6 Å². The number of nitrogens with one attached hydrogen (secondary N) is 1. The summed E-state index contributed by atoms with van der Waals surface area (Å²) >= 11 is 0. The van der Waals surface area contributed by atoms with Gasteiger partial charge in [-0.1, -0.05) is 36.4 Å². The molecule has 0 aromatic heterocycles. The van der Waals surface area contributed by atoms with E-state index in [1.54, 1.807) is 0 Å². The van der Waals surface area contributed by atoms with Gasteiger partial charge in [0.05, 0.1) is 5.56 Å². The van der Waals surface area contributed by atoms with E-state index in [9.17, 15) is 4.79 Å². The highest BCUT2D eigenvalue weighted by Gasteiger charge is 2.17. The molecule has 1 aromatic rings. The number of piperazine rings is 1. The van der Waals surface area contributed by atoms with Crippen molar-refractivity contribution in [3.63, 3.8) is 0 Å². The van der Waals surface area contributed by atoms with Gasteiger partial charge >= 0.3 is 0 Å². The fraction of sp³-hybridized carbons (Fsp3) is 0.292. The van der Waals surface area contributed by atoms with Crippen molar-refractivity contribution in [3.8, 4) is 11.3 Å². The summed E-state index contributed by atoms with van der Waals surface area (Å²) in [5, 5.41) is 0. The minimum atomic E-state index is -0.0252. The smallest absolute Gasteiger partial charge is 0.256 e. The predicted octanol–water partition coefficient (Wildman–Crippen LogP) is 4.10. The number of aromatic nitrogens is 1. The summed E-state index contributed by atoms with van der Waals surface area (Å²) in [6, 6.07) is 16.5. The summed E-state index contributed by atoms with van der Waals surface area (Å²) in [6.45, 7) is 8.42. The lowest BCUT2D eigenvalue weighted by atomic mass is 9.99. The number of H-pyrrole nitrogens is 1. The number of hydrogen-bond donors (Lipinski definition) is 1. The van der Waals surface area contributed by atoms with Gasteiger partial charge in [-0.2, -0.15) is 0 Å². The number of hydrogen-bond acceptors (Lipinski definition) is 3. The van der Waals surface area contributed by atoms with Crippen molar-refractivity contribution in [2.45, 2.75) is 13.8 Å². The first-order valence-corrected chi connectivity index (χ1v) is 9.87. The standard InChI is InChI=1S/C24H27N3O/c1-17-9-10-20(27-13-11-26(3)12-14-27)16-19(17)15-18(2)23-21-7-5-4-6-8-22(21)25-24(23)28/h4-10,15-16H,11-14H2,1-3H3,(H,25,28)/b18-15+. The number of aromatic amines is 1. The van der Waals surface area contributed by atoms with Crippen molar-refractivity contribution in [2.75, 3.05) is 38.1 Å². The molecule has 4 heteroatoms. The van der Waals surface area contributed by atoms with Gasteiger partial charge in [0.2, 0.25) is 0 Å². The number of anilines is 1. The topological polar surface area (TPSA) is 39.3 Å². The zero-order chi connectivity index (χ0) is 19.7. The maximum atomic E-state index is 12.6. The van der Waals surface area contributed by atoms with Crippen LogP contribution in [0.15, 0.2) is 53.3 Å². The van der Waals surface area contributed by atoms with E-state index in [4.69, 9.17) is 0 Å². The third kappa shape index (κ3) is 3.60. The van der Waals surface area contributed by atoms with Gasteiger partial charge in [0.1, 0.15) is 0 Å². The van der Waals surface area contributed by atoms with E-state index >= 15 is 0 Å². The quantitative estimate of drug-likeness (QED) is 0.751. The van der Waals surface area contributed by atoms with Crippen LogP contribution in [0, 0.1) is 6.92 Å². The van der Waals surface area contributed by atoms with Gasteiger partial charge in [0.15, 0.2) is 0 Å². The largest absolute Gasteiger partial charge is 0.369 e. The zero-order valence-corrected chi connectivity index (χ0v) is 16.8. The Kier molecular flexibility index (Phi) is 5.05. The van der Waals surface area contributed by atoms with Crippen LogP contribution in [-0.2, 0) is 0 Å². The van der Waals surface area contributed by atoms with Crippen LogP contribution in [0.2, 0.25) is 0 Å². The number of nitrogens with zero attached hydrogens (tertiary/aromatic N) is 2. The van der Waals surface area contributed by atoms with Gasteiger partial charge in [0, 0.05) is 43.1 Å². The molecular weight excluding hydrogens is 346 g/mol. The minimum Gasteiger partial charge on any atom is -0.369 e. The SMILES string of the molecule is C/C(=C\c1cc(N2CCN(C)CC2)ccc1C)c1c2cccccc-2[nH]c1=O. The molecule has 3 aliphatic rings. The zero-order valence-electron chi connectivity index (χ0n) is 16.8. The predicted molar refractivity (Wildman–Crippen MR) is 118 cm³/mol. The van der Waals surface area contributed by atoms with Crippen molar-refractivity contribution in [1.82, 2.24) is 9.88 Å². The number of likely N-dealkylation sites (N-methyl/N-ethyl adjacent to an activating group) is 1. The van der Waals surface area contributed by atoms with E-state index in [0.29, 0.717) is 0 Å². The first-order chi connectivity index (χ1) is 13.5. The van der Waals surface area contributed by atoms with Gasteiger partial charge in [-0.05, 0) is 55.8 Å². The van der Waals surface area contributed by atoms with Crippen LogP contribution in [0.25, 0.3) is 22.9 Å². The van der Waals surface area contributed by atoms with E-state index in [1.165, 1.54) is 16.8 Å². The van der Waals surface area contributed by atoms with E-state index in [-0.39, 0.29) is 5.56 Å². The second kappa shape index (κ2) is 7.64. The second-order valence-electron chi connectivity index (χ2n) is 7.73. The van der Waals surface area contributed by atoms with Gasteiger partial charge < -0.3 is 14.8 Å². The van der Waals surface area contributed by atoms with Crippen LogP contribution in [0.3, 0.4) is 0 Å². The summed E-state index contributed by atoms with van der Waals surface area (Å²) in [5.41, 5.74) is 7.21. The highest BCUT2D eigenvalue weighted by Crippen LogP contribution is 2.29. The summed E-state index contributed by atoms with van der Waals surface area (Å²) < 4.78 is 0. The van der Waals surface area contributed by atoms with Crippen molar-refractivity contribution >= 4 is 17.3 Å². The molecule has 0 radical (unpaired) electrons. The lowest BCUT2D eigenvalue weighted by molar-refractivity contribution is 0.313. The molecule has 0 spiro atoms. The highest BCUT2D eigenvalue weighted by atomic mass is 16.1. The Morgan fingerprint density at radius 2 is 1.79 bits per heavy atom. The normalized spacial score (nSPS) is 16.0. The molecule has 4 rings (SSSR count).